The van der Waals surface area contributed by atoms with E-state index in [1.54, 1.807) is 0 Å². The molecule has 0 aliphatic carbocycles. The third-order valence-corrected chi connectivity index (χ3v) is 0.827. The summed E-state index contributed by atoms with van der Waals surface area (Å²) in [5.41, 5.74) is 0.0694. The van der Waals surface area contributed by atoms with Gasteiger partial charge in [0, 0.05) is 11.8 Å². The first-order chi connectivity index (χ1) is 4.97. The highest BCUT2D eigenvalue weighted by atomic mass is 14.0. The zero-order valence-electron chi connectivity index (χ0n) is 8.07. The molecule has 0 heterocycles. The number of terminal acetylenes is 2. The molecular weight excluding hydrogens is 132 g/mol. The Kier molecular flexibility index (Phi) is 8.39. The molecule has 0 saturated carbocycles. The Morgan fingerprint density at radius 3 is 1.55 bits per heavy atom. The second kappa shape index (κ2) is 7.23. The normalized spacial score (nSPS) is 8.55. The average molecular weight is 150 g/mol. The maximum atomic E-state index is 5.06. The van der Waals surface area contributed by atoms with Crippen LogP contribution in [0, 0.1) is 30.1 Å². The monoisotopic (exact) mass is 150 g/mol. The van der Waals surface area contributed by atoms with Crippen molar-refractivity contribution in [2.75, 3.05) is 0 Å². The minimum Gasteiger partial charge on any atom is -0.120 e. The summed E-state index contributed by atoms with van der Waals surface area (Å²) in [6, 6.07) is 0. The summed E-state index contributed by atoms with van der Waals surface area (Å²) in [4.78, 5) is 0. The summed E-state index contributed by atoms with van der Waals surface area (Å²) in [6.07, 6.45) is 12.0. The van der Waals surface area contributed by atoms with Crippen LogP contribution in [0.5, 0.6) is 0 Å². The molecule has 0 aromatic rings. The highest BCUT2D eigenvalue weighted by Gasteiger charge is 2.00. The van der Waals surface area contributed by atoms with Gasteiger partial charge in [-0.05, 0) is 27.2 Å². The molecule has 0 aliphatic heterocycles. The van der Waals surface area contributed by atoms with Crippen LogP contribution in [0.3, 0.4) is 0 Å². The molecule has 0 heteroatoms. The molecule has 0 amide bonds. The van der Waals surface area contributed by atoms with E-state index in [4.69, 9.17) is 12.8 Å². The van der Waals surface area contributed by atoms with Crippen molar-refractivity contribution < 1.29 is 0 Å². The van der Waals surface area contributed by atoms with Gasteiger partial charge in [-0.25, -0.2) is 0 Å². The van der Waals surface area contributed by atoms with Crippen LogP contribution < -0.4 is 0 Å². The molecule has 0 spiro atoms. The van der Waals surface area contributed by atoms with Gasteiger partial charge in [-0.1, -0.05) is 6.92 Å². The van der Waals surface area contributed by atoms with Gasteiger partial charge >= 0.3 is 0 Å². The van der Waals surface area contributed by atoms with Gasteiger partial charge in [-0.3, -0.25) is 0 Å². The first kappa shape index (κ1) is 12.8. The largest absolute Gasteiger partial charge is 0.120 e. The Morgan fingerprint density at radius 2 is 1.55 bits per heavy atom. The molecule has 0 unspecified atom stereocenters. The maximum absolute atomic E-state index is 5.06. The minimum absolute atomic E-state index is 0.0694. The van der Waals surface area contributed by atoms with Gasteiger partial charge in [-0.2, -0.15) is 0 Å². The minimum atomic E-state index is 0.0694. The predicted molar refractivity (Wildman–Crippen MR) is 52.0 cm³/mol. The second-order valence-electron chi connectivity index (χ2n) is 3.35. The standard InChI is InChI=1S/C6H10.C5H8/c1-5-6(2,3)4;1-3-5-4-2/h1H,2-4H3;1H,4-5H2,2H3. The SMILES string of the molecule is C#CC(C)(C)C.C#CCCC. The topological polar surface area (TPSA) is 0 Å². The van der Waals surface area contributed by atoms with Crippen molar-refractivity contribution in [3.63, 3.8) is 0 Å². The van der Waals surface area contributed by atoms with Crippen molar-refractivity contribution in [3.8, 4) is 24.7 Å². The molecule has 62 valence electrons. The van der Waals surface area contributed by atoms with Gasteiger partial charge in [-0.15, -0.1) is 24.7 Å². The van der Waals surface area contributed by atoms with Gasteiger partial charge in [0.05, 0.1) is 0 Å². The van der Waals surface area contributed by atoms with Crippen LogP contribution in [-0.2, 0) is 0 Å². The van der Waals surface area contributed by atoms with E-state index < -0.39 is 0 Å². The quantitative estimate of drug-likeness (QED) is 0.504. The van der Waals surface area contributed by atoms with Crippen molar-refractivity contribution in [1.82, 2.24) is 0 Å². The predicted octanol–water partition coefficient (Wildman–Crippen LogP) is 3.09. The zero-order valence-corrected chi connectivity index (χ0v) is 8.07. The molecule has 0 saturated heterocycles. The van der Waals surface area contributed by atoms with Crippen LogP contribution >= 0.6 is 0 Å². The summed E-state index contributed by atoms with van der Waals surface area (Å²) in [5, 5.41) is 0. The van der Waals surface area contributed by atoms with E-state index in [0.717, 1.165) is 12.8 Å². The van der Waals surface area contributed by atoms with Gasteiger partial charge in [0.2, 0.25) is 0 Å². The zero-order chi connectivity index (χ0) is 9.33. The highest BCUT2D eigenvalue weighted by molar-refractivity contribution is 4.96. The average Bonchev–Trinajstić information content (AvgIpc) is 1.90. The van der Waals surface area contributed by atoms with Gasteiger partial charge in [0.25, 0.3) is 0 Å². The van der Waals surface area contributed by atoms with Crippen LogP contribution in [0.15, 0.2) is 0 Å². The Morgan fingerprint density at radius 1 is 1.18 bits per heavy atom. The molecule has 0 atom stereocenters. The van der Waals surface area contributed by atoms with E-state index in [1.165, 1.54) is 0 Å². The summed E-state index contributed by atoms with van der Waals surface area (Å²) in [7, 11) is 0. The molecule has 0 bridgehead atoms. The highest BCUT2D eigenvalue weighted by Crippen LogP contribution is 2.08. The molecule has 0 radical (unpaired) electrons. The van der Waals surface area contributed by atoms with E-state index >= 15 is 0 Å². The number of hydrogen-bond acceptors (Lipinski definition) is 0. The second-order valence-corrected chi connectivity index (χ2v) is 3.35. The summed E-state index contributed by atoms with van der Waals surface area (Å²) >= 11 is 0. The van der Waals surface area contributed by atoms with Crippen LogP contribution in [0.4, 0.5) is 0 Å². The van der Waals surface area contributed by atoms with Crippen LogP contribution in [-0.4, -0.2) is 0 Å². The fraction of sp³-hybridized carbons (Fsp3) is 0.636. The van der Waals surface area contributed by atoms with Crippen LogP contribution in [0.2, 0.25) is 0 Å². The van der Waals surface area contributed by atoms with E-state index in [-0.39, 0.29) is 5.41 Å². The van der Waals surface area contributed by atoms with E-state index in [9.17, 15) is 0 Å². The molecule has 0 rings (SSSR count). The summed E-state index contributed by atoms with van der Waals surface area (Å²) in [6.45, 7) is 8.09. The Labute approximate surface area is 71.4 Å². The van der Waals surface area contributed by atoms with E-state index in [2.05, 4.69) is 18.8 Å². The Bertz CT molecular complexity index is 144. The first-order valence-corrected chi connectivity index (χ1v) is 3.89. The molecule has 11 heavy (non-hydrogen) atoms. The molecule has 0 N–H and O–H groups in total. The number of unbranched alkanes of at least 4 members (excludes halogenated alkanes) is 1. The van der Waals surface area contributed by atoms with Crippen molar-refractivity contribution in [2.45, 2.75) is 40.5 Å². The molecule has 0 aliphatic rings. The summed E-state index contributed by atoms with van der Waals surface area (Å²) < 4.78 is 0. The first-order valence-electron chi connectivity index (χ1n) is 3.89. The maximum Gasteiger partial charge on any atom is 0.0227 e. The van der Waals surface area contributed by atoms with Gasteiger partial charge < -0.3 is 0 Å². The van der Waals surface area contributed by atoms with Crippen molar-refractivity contribution in [3.05, 3.63) is 0 Å². The lowest BCUT2D eigenvalue weighted by Crippen LogP contribution is -1.97. The lowest BCUT2D eigenvalue weighted by molar-refractivity contribution is 0.571. The van der Waals surface area contributed by atoms with Crippen molar-refractivity contribution >= 4 is 0 Å². The number of hydrogen-bond donors (Lipinski definition) is 0. The van der Waals surface area contributed by atoms with Crippen LogP contribution in [0.25, 0.3) is 0 Å². The van der Waals surface area contributed by atoms with Gasteiger partial charge in [0.15, 0.2) is 0 Å². The fourth-order valence-corrected chi connectivity index (χ4v) is 0.144. The molecule has 0 aromatic carbocycles. The van der Waals surface area contributed by atoms with Crippen molar-refractivity contribution in [1.29, 1.82) is 0 Å². The lowest BCUT2D eigenvalue weighted by atomic mass is 9.99. The number of rotatable bonds is 1. The molecule has 0 fully saturated rings. The van der Waals surface area contributed by atoms with E-state index in [0.29, 0.717) is 0 Å². The molecular formula is C11H18. The van der Waals surface area contributed by atoms with Crippen molar-refractivity contribution in [2.24, 2.45) is 5.41 Å². The third-order valence-electron chi connectivity index (χ3n) is 0.827. The smallest absolute Gasteiger partial charge is 0.0227 e. The van der Waals surface area contributed by atoms with Crippen LogP contribution in [0.1, 0.15) is 40.5 Å². The fourth-order valence-electron chi connectivity index (χ4n) is 0.144. The third kappa shape index (κ3) is 27.2. The molecule has 0 nitrogen and oxygen atoms in total. The summed E-state index contributed by atoms with van der Waals surface area (Å²) in [5.74, 6) is 5.12. The van der Waals surface area contributed by atoms with E-state index in [1.807, 2.05) is 20.8 Å². The Hall–Kier alpha value is -0.880. The van der Waals surface area contributed by atoms with Gasteiger partial charge in [0.1, 0.15) is 0 Å². The Balaban J connectivity index is 0. The molecule has 0 aromatic heterocycles. The lowest BCUT2D eigenvalue weighted by Gasteiger charge is -2.04.